The molecule has 0 spiro atoms. The number of hydrogen-bond donors (Lipinski definition) is 0. The molecule has 2 aromatic rings. The molecule has 5 nitrogen and oxygen atoms in total. The first-order chi connectivity index (χ1) is 12.7. The number of carbonyl (C=O) groups excluding carboxylic acids is 1. The first-order valence-electron chi connectivity index (χ1n) is 9.28. The summed E-state index contributed by atoms with van der Waals surface area (Å²) in [6.07, 6.45) is 5.66. The van der Waals surface area contributed by atoms with Crippen LogP contribution >= 0.6 is 23.4 Å². The summed E-state index contributed by atoms with van der Waals surface area (Å²) in [5, 5.41) is 10.2. The van der Waals surface area contributed by atoms with Crippen molar-refractivity contribution in [2.24, 2.45) is 0 Å². The topological polar surface area (TPSA) is 51.0 Å². The van der Waals surface area contributed by atoms with Crippen molar-refractivity contribution in [1.82, 2.24) is 19.7 Å². The van der Waals surface area contributed by atoms with Crippen LogP contribution in [0.1, 0.15) is 39.0 Å². The maximum atomic E-state index is 12.5. The van der Waals surface area contributed by atoms with Crippen LogP contribution < -0.4 is 0 Å². The van der Waals surface area contributed by atoms with Crippen LogP contribution in [0.5, 0.6) is 0 Å². The van der Waals surface area contributed by atoms with E-state index >= 15 is 0 Å². The lowest BCUT2D eigenvalue weighted by molar-refractivity contribution is -0.128. The molecule has 2 heterocycles. The van der Waals surface area contributed by atoms with Crippen LogP contribution in [0.3, 0.4) is 0 Å². The Bertz CT molecular complexity index is 724. The van der Waals surface area contributed by atoms with Gasteiger partial charge >= 0.3 is 0 Å². The standard InChI is InChI=1S/C19H25ClN4OS/c1-2-11-24-18(15-7-9-16(20)10-8-15)21-22-19(24)26-14-17(25)23-12-5-3-4-6-13-23/h7-10H,2-6,11-14H2,1H3. The Morgan fingerprint density at radius 3 is 2.46 bits per heavy atom. The van der Waals surface area contributed by atoms with Crippen molar-refractivity contribution in [2.75, 3.05) is 18.8 Å². The van der Waals surface area contributed by atoms with Crippen LogP contribution in [0.4, 0.5) is 0 Å². The highest BCUT2D eigenvalue weighted by Gasteiger charge is 2.19. The zero-order valence-corrected chi connectivity index (χ0v) is 16.7. The third kappa shape index (κ3) is 4.80. The summed E-state index contributed by atoms with van der Waals surface area (Å²) in [4.78, 5) is 14.5. The summed E-state index contributed by atoms with van der Waals surface area (Å²) in [6.45, 7) is 4.72. The van der Waals surface area contributed by atoms with Gasteiger partial charge in [0, 0.05) is 30.2 Å². The molecular formula is C19H25ClN4OS. The van der Waals surface area contributed by atoms with E-state index in [1.807, 2.05) is 29.2 Å². The van der Waals surface area contributed by atoms with Gasteiger partial charge in [-0.3, -0.25) is 4.79 Å². The fraction of sp³-hybridized carbons (Fsp3) is 0.526. The number of nitrogens with zero attached hydrogens (tertiary/aromatic N) is 4. The van der Waals surface area contributed by atoms with E-state index in [4.69, 9.17) is 11.6 Å². The molecule has 0 aliphatic carbocycles. The van der Waals surface area contributed by atoms with Crippen LogP contribution in [0.2, 0.25) is 5.02 Å². The van der Waals surface area contributed by atoms with Gasteiger partial charge in [0.2, 0.25) is 5.91 Å². The van der Waals surface area contributed by atoms with E-state index in [9.17, 15) is 4.79 Å². The SMILES string of the molecule is CCCn1c(SCC(=O)N2CCCCCC2)nnc1-c1ccc(Cl)cc1. The third-order valence-electron chi connectivity index (χ3n) is 4.55. The molecule has 1 aromatic carbocycles. The van der Waals surface area contributed by atoms with Crippen LogP contribution in [0.25, 0.3) is 11.4 Å². The highest BCUT2D eigenvalue weighted by Crippen LogP contribution is 2.26. The van der Waals surface area contributed by atoms with Crippen LogP contribution in [-0.2, 0) is 11.3 Å². The Kier molecular flexibility index (Phi) is 6.97. The van der Waals surface area contributed by atoms with Crippen molar-refractivity contribution in [3.8, 4) is 11.4 Å². The van der Waals surface area contributed by atoms with Gasteiger partial charge in [-0.2, -0.15) is 0 Å². The quantitative estimate of drug-likeness (QED) is 0.679. The van der Waals surface area contributed by atoms with Gasteiger partial charge in [0.1, 0.15) is 0 Å². The number of likely N-dealkylation sites (tertiary alicyclic amines) is 1. The van der Waals surface area contributed by atoms with Gasteiger partial charge in [-0.25, -0.2) is 0 Å². The maximum absolute atomic E-state index is 12.5. The van der Waals surface area contributed by atoms with Gasteiger partial charge < -0.3 is 9.47 Å². The first-order valence-corrected chi connectivity index (χ1v) is 10.6. The molecule has 140 valence electrons. The lowest BCUT2D eigenvalue weighted by atomic mass is 10.2. The third-order valence-corrected chi connectivity index (χ3v) is 5.75. The molecule has 7 heteroatoms. The van der Waals surface area contributed by atoms with E-state index in [2.05, 4.69) is 21.7 Å². The van der Waals surface area contributed by atoms with E-state index in [-0.39, 0.29) is 5.91 Å². The second-order valence-corrected chi connectivity index (χ2v) is 7.93. The number of thioether (sulfide) groups is 1. The smallest absolute Gasteiger partial charge is 0.233 e. The average Bonchev–Trinajstić information content (AvgIpc) is 2.86. The molecule has 1 amide bonds. The van der Waals surface area contributed by atoms with E-state index in [0.29, 0.717) is 10.8 Å². The number of halogens is 1. The molecule has 0 atom stereocenters. The number of amides is 1. The van der Waals surface area contributed by atoms with E-state index in [1.165, 1.54) is 24.6 Å². The normalized spacial score (nSPS) is 15.1. The Labute approximate surface area is 164 Å². The molecule has 1 aliphatic rings. The van der Waals surface area contributed by atoms with Gasteiger partial charge in [-0.15, -0.1) is 10.2 Å². The molecule has 0 bridgehead atoms. The largest absolute Gasteiger partial charge is 0.342 e. The molecule has 1 aliphatic heterocycles. The van der Waals surface area contributed by atoms with Gasteiger partial charge in [0.25, 0.3) is 0 Å². The summed E-state index contributed by atoms with van der Waals surface area (Å²) in [7, 11) is 0. The Hall–Kier alpha value is -1.53. The summed E-state index contributed by atoms with van der Waals surface area (Å²) < 4.78 is 2.10. The van der Waals surface area contributed by atoms with Gasteiger partial charge in [0.05, 0.1) is 5.75 Å². The van der Waals surface area contributed by atoms with Gasteiger partial charge in [-0.1, -0.05) is 43.1 Å². The number of aromatic nitrogens is 3. The minimum atomic E-state index is 0.205. The Balaban J connectivity index is 1.71. The van der Waals surface area contributed by atoms with Crippen LogP contribution in [0.15, 0.2) is 29.4 Å². The molecule has 0 N–H and O–H groups in total. The minimum Gasteiger partial charge on any atom is -0.342 e. The van der Waals surface area contributed by atoms with Gasteiger partial charge in [-0.05, 0) is 43.5 Å². The van der Waals surface area contributed by atoms with Crippen molar-refractivity contribution in [3.63, 3.8) is 0 Å². The highest BCUT2D eigenvalue weighted by molar-refractivity contribution is 7.99. The number of hydrogen-bond acceptors (Lipinski definition) is 4. The second-order valence-electron chi connectivity index (χ2n) is 6.55. The lowest BCUT2D eigenvalue weighted by Gasteiger charge is -2.19. The molecule has 1 aromatic heterocycles. The highest BCUT2D eigenvalue weighted by atomic mass is 35.5. The maximum Gasteiger partial charge on any atom is 0.233 e. The molecule has 26 heavy (non-hydrogen) atoms. The number of carbonyl (C=O) groups is 1. The molecule has 3 rings (SSSR count). The first kappa shape index (κ1) is 19.2. The number of benzene rings is 1. The predicted octanol–water partition coefficient (Wildman–Crippen LogP) is 4.50. The molecule has 1 fully saturated rings. The second kappa shape index (κ2) is 9.42. The Morgan fingerprint density at radius 1 is 1.12 bits per heavy atom. The van der Waals surface area contributed by atoms with Crippen molar-refractivity contribution in [3.05, 3.63) is 29.3 Å². The number of rotatable bonds is 6. The predicted molar refractivity (Wildman–Crippen MR) is 107 cm³/mol. The molecule has 0 saturated carbocycles. The van der Waals surface area contributed by atoms with Crippen LogP contribution in [0, 0.1) is 0 Å². The summed E-state index contributed by atoms with van der Waals surface area (Å²) >= 11 is 7.47. The average molecular weight is 393 g/mol. The van der Waals surface area contributed by atoms with Gasteiger partial charge in [0.15, 0.2) is 11.0 Å². The van der Waals surface area contributed by atoms with E-state index < -0.39 is 0 Å². The van der Waals surface area contributed by atoms with Crippen molar-refractivity contribution >= 4 is 29.3 Å². The molecule has 0 radical (unpaired) electrons. The monoisotopic (exact) mass is 392 g/mol. The van der Waals surface area contributed by atoms with Crippen LogP contribution in [-0.4, -0.2) is 44.4 Å². The summed E-state index contributed by atoms with van der Waals surface area (Å²) in [5.74, 6) is 1.45. The lowest BCUT2D eigenvalue weighted by Crippen LogP contribution is -2.33. The van der Waals surface area contributed by atoms with Crippen molar-refractivity contribution in [2.45, 2.75) is 50.7 Å². The van der Waals surface area contributed by atoms with Crippen molar-refractivity contribution in [1.29, 1.82) is 0 Å². The van der Waals surface area contributed by atoms with E-state index in [0.717, 1.165) is 55.4 Å². The molecular weight excluding hydrogens is 368 g/mol. The molecule has 0 unspecified atom stereocenters. The zero-order valence-electron chi connectivity index (χ0n) is 15.2. The summed E-state index contributed by atoms with van der Waals surface area (Å²) in [5.41, 5.74) is 0.987. The van der Waals surface area contributed by atoms with E-state index in [1.54, 1.807) is 0 Å². The summed E-state index contributed by atoms with van der Waals surface area (Å²) in [6, 6.07) is 7.62. The zero-order chi connectivity index (χ0) is 18.4. The fourth-order valence-electron chi connectivity index (χ4n) is 3.17. The minimum absolute atomic E-state index is 0.205. The Morgan fingerprint density at radius 2 is 1.81 bits per heavy atom. The van der Waals surface area contributed by atoms with Crippen molar-refractivity contribution < 1.29 is 4.79 Å². The molecule has 1 saturated heterocycles. The fourth-order valence-corrected chi connectivity index (χ4v) is 4.16.